The molecule has 1 aliphatic carbocycles. The summed E-state index contributed by atoms with van der Waals surface area (Å²) in [5.41, 5.74) is 5.12. The van der Waals surface area contributed by atoms with E-state index in [0.29, 0.717) is 0 Å². The van der Waals surface area contributed by atoms with Gasteiger partial charge in [-0.15, -0.1) is 0 Å². The zero-order chi connectivity index (χ0) is 19.0. The molecule has 2 aromatic heterocycles. The van der Waals surface area contributed by atoms with Gasteiger partial charge in [-0.2, -0.15) is 0 Å². The van der Waals surface area contributed by atoms with Gasteiger partial charge in [0.15, 0.2) is 0 Å². The molecule has 1 saturated heterocycles. The zero-order valence-corrected chi connectivity index (χ0v) is 16.8. The number of likely N-dealkylation sites (tertiary alicyclic amines) is 1. The fourth-order valence-electron chi connectivity index (χ4n) is 5.06. The highest BCUT2D eigenvalue weighted by atomic mass is 15.2. The first kappa shape index (κ1) is 17.8. The highest BCUT2D eigenvalue weighted by Gasteiger charge is 2.41. The van der Waals surface area contributed by atoms with Gasteiger partial charge in [0.2, 0.25) is 0 Å². The van der Waals surface area contributed by atoms with Crippen LogP contribution in [0.4, 0.5) is 0 Å². The number of aromatic nitrogens is 2. The van der Waals surface area contributed by atoms with E-state index in [1.54, 1.807) is 0 Å². The van der Waals surface area contributed by atoms with E-state index in [1.807, 2.05) is 18.5 Å². The Morgan fingerprint density at radius 2 is 2.04 bits per heavy atom. The third kappa shape index (κ3) is 3.12. The van der Waals surface area contributed by atoms with Crippen LogP contribution < -0.4 is 0 Å². The second kappa shape index (κ2) is 7.29. The van der Waals surface area contributed by atoms with Gasteiger partial charge in [0.25, 0.3) is 0 Å². The van der Waals surface area contributed by atoms with Crippen LogP contribution in [0.2, 0.25) is 0 Å². The van der Waals surface area contributed by atoms with Crippen molar-refractivity contribution < 1.29 is 0 Å². The first-order valence-corrected chi connectivity index (χ1v) is 10.8. The van der Waals surface area contributed by atoms with Gasteiger partial charge in [-0.1, -0.05) is 24.6 Å². The highest BCUT2D eigenvalue weighted by Crippen LogP contribution is 2.48. The molecular weight excluding hydrogens is 342 g/mol. The molecule has 2 fully saturated rings. The Bertz CT molecular complexity index is 962. The van der Waals surface area contributed by atoms with Crippen LogP contribution in [0.25, 0.3) is 10.9 Å². The molecule has 0 bridgehead atoms. The molecule has 5 rings (SSSR count). The molecule has 3 nitrogen and oxygen atoms in total. The van der Waals surface area contributed by atoms with Crippen molar-refractivity contribution in [3.63, 3.8) is 0 Å². The van der Waals surface area contributed by atoms with E-state index < -0.39 is 0 Å². The van der Waals surface area contributed by atoms with Gasteiger partial charge in [0.05, 0.1) is 11.2 Å². The Balaban J connectivity index is 1.39. The lowest BCUT2D eigenvalue weighted by Crippen LogP contribution is -2.36. The second-order valence-electron chi connectivity index (χ2n) is 8.68. The van der Waals surface area contributed by atoms with Crippen LogP contribution in [-0.2, 0) is 11.8 Å². The lowest BCUT2D eigenvalue weighted by molar-refractivity contribution is 0.272. The molecule has 0 radical (unpaired) electrons. The third-order valence-electron chi connectivity index (χ3n) is 7.04. The Hall–Kier alpha value is -2.26. The normalized spacial score (nSPS) is 21.7. The topological polar surface area (TPSA) is 29.0 Å². The van der Waals surface area contributed by atoms with Gasteiger partial charge in [0.1, 0.15) is 0 Å². The summed E-state index contributed by atoms with van der Waals surface area (Å²) >= 11 is 0. The minimum Gasteiger partial charge on any atom is -0.300 e. The van der Waals surface area contributed by atoms with E-state index in [-0.39, 0.29) is 5.41 Å². The summed E-state index contributed by atoms with van der Waals surface area (Å²) in [6, 6.07) is 16.4. The van der Waals surface area contributed by atoms with Crippen molar-refractivity contribution in [3.8, 4) is 0 Å². The molecule has 0 spiro atoms. The summed E-state index contributed by atoms with van der Waals surface area (Å²) < 4.78 is 0. The van der Waals surface area contributed by atoms with Crippen molar-refractivity contribution in [3.05, 3.63) is 71.7 Å². The molecule has 3 heterocycles. The zero-order valence-electron chi connectivity index (χ0n) is 16.8. The van der Waals surface area contributed by atoms with Gasteiger partial charge >= 0.3 is 0 Å². The number of benzene rings is 1. The minimum absolute atomic E-state index is 0.0625. The summed E-state index contributed by atoms with van der Waals surface area (Å²) in [7, 11) is 0. The molecule has 3 aromatic rings. The monoisotopic (exact) mass is 371 g/mol. The Morgan fingerprint density at radius 1 is 1.11 bits per heavy atom. The molecule has 1 atom stereocenters. The van der Waals surface area contributed by atoms with Crippen LogP contribution in [-0.4, -0.2) is 34.0 Å². The fourth-order valence-corrected chi connectivity index (χ4v) is 5.06. The third-order valence-corrected chi connectivity index (χ3v) is 7.04. The van der Waals surface area contributed by atoms with Crippen molar-refractivity contribution in [1.29, 1.82) is 0 Å². The molecule has 144 valence electrons. The largest absolute Gasteiger partial charge is 0.300 e. The number of nitrogens with zero attached hydrogens (tertiary/aromatic N) is 3. The van der Waals surface area contributed by atoms with Crippen LogP contribution in [0.5, 0.6) is 0 Å². The van der Waals surface area contributed by atoms with E-state index in [2.05, 4.69) is 53.2 Å². The molecule has 3 heteroatoms. The van der Waals surface area contributed by atoms with E-state index in [0.717, 1.165) is 18.0 Å². The van der Waals surface area contributed by atoms with Crippen LogP contribution >= 0.6 is 0 Å². The fraction of sp³-hybridized carbons (Fsp3) is 0.440. The van der Waals surface area contributed by atoms with Crippen molar-refractivity contribution in [2.24, 2.45) is 0 Å². The average Bonchev–Trinajstić information content (AvgIpc) is 3.11. The standard InChI is InChI=1S/C25H29N3/c1-19-5-3-15-28(19)16-11-20-7-9-23-21(17-20)8-10-24(27-23)25(12-4-13-25)22-6-2-14-26-18-22/h2,6-10,14,17-19H,3-5,11-13,15-16H2,1H3/t19-/m1/s1. The average molecular weight is 372 g/mol. The molecular formula is C25H29N3. The minimum atomic E-state index is 0.0625. The van der Waals surface area contributed by atoms with Crippen LogP contribution in [0.3, 0.4) is 0 Å². The summed E-state index contributed by atoms with van der Waals surface area (Å²) in [5.74, 6) is 0. The van der Waals surface area contributed by atoms with Crippen molar-refractivity contribution in [1.82, 2.24) is 14.9 Å². The van der Waals surface area contributed by atoms with Gasteiger partial charge < -0.3 is 4.90 Å². The summed E-state index contributed by atoms with van der Waals surface area (Å²) in [6.45, 7) is 4.79. The SMILES string of the molecule is C[C@@H]1CCCN1CCc1ccc2nc(C3(c4cccnc4)CCC3)ccc2c1. The molecule has 1 saturated carbocycles. The van der Waals surface area contributed by atoms with Gasteiger partial charge in [-0.3, -0.25) is 9.97 Å². The first-order chi connectivity index (χ1) is 13.7. The molecule has 1 aliphatic heterocycles. The van der Waals surface area contributed by atoms with Crippen molar-refractivity contribution in [2.45, 2.75) is 56.9 Å². The van der Waals surface area contributed by atoms with Crippen LogP contribution in [0, 0.1) is 0 Å². The Labute approximate surface area is 167 Å². The van der Waals surface area contributed by atoms with E-state index in [9.17, 15) is 0 Å². The molecule has 28 heavy (non-hydrogen) atoms. The molecule has 0 amide bonds. The van der Waals surface area contributed by atoms with Gasteiger partial charge in [-0.25, -0.2) is 0 Å². The molecule has 1 aromatic carbocycles. The van der Waals surface area contributed by atoms with Crippen LogP contribution in [0.15, 0.2) is 54.9 Å². The second-order valence-corrected chi connectivity index (χ2v) is 8.68. The van der Waals surface area contributed by atoms with Gasteiger partial charge in [0, 0.05) is 35.8 Å². The quantitative estimate of drug-likeness (QED) is 0.623. The summed E-state index contributed by atoms with van der Waals surface area (Å²) in [6.07, 6.45) is 11.3. The smallest absolute Gasteiger partial charge is 0.0705 e. The summed E-state index contributed by atoms with van der Waals surface area (Å²) in [5, 5.41) is 1.26. The van der Waals surface area contributed by atoms with Crippen LogP contribution in [0.1, 0.15) is 55.8 Å². The van der Waals surface area contributed by atoms with E-state index in [1.165, 1.54) is 67.4 Å². The summed E-state index contributed by atoms with van der Waals surface area (Å²) in [4.78, 5) is 12.1. The maximum absolute atomic E-state index is 5.10. The number of rotatable bonds is 5. The molecule has 0 unspecified atom stereocenters. The number of hydrogen-bond acceptors (Lipinski definition) is 3. The maximum Gasteiger partial charge on any atom is 0.0705 e. The number of hydrogen-bond donors (Lipinski definition) is 0. The molecule has 2 aliphatic rings. The predicted octanol–water partition coefficient (Wildman–Crippen LogP) is 5.13. The number of fused-ring (bicyclic) bond motifs is 1. The Morgan fingerprint density at radius 3 is 2.75 bits per heavy atom. The van der Waals surface area contributed by atoms with E-state index in [4.69, 9.17) is 4.98 Å². The predicted molar refractivity (Wildman–Crippen MR) is 115 cm³/mol. The highest BCUT2D eigenvalue weighted by molar-refractivity contribution is 5.79. The molecule has 0 N–H and O–H groups in total. The Kier molecular flexibility index (Phi) is 4.64. The van der Waals surface area contributed by atoms with Gasteiger partial charge in [-0.05, 0) is 81.0 Å². The lowest BCUT2D eigenvalue weighted by atomic mass is 9.62. The van der Waals surface area contributed by atoms with E-state index >= 15 is 0 Å². The lowest BCUT2D eigenvalue weighted by Gasteiger charge is -2.41. The van der Waals surface area contributed by atoms with Crippen molar-refractivity contribution in [2.75, 3.05) is 13.1 Å². The number of pyridine rings is 2. The first-order valence-electron chi connectivity index (χ1n) is 10.8. The van der Waals surface area contributed by atoms with Crippen molar-refractivity contribution >= 4 is 10.9 Å². The maximum atomic E-state index is 5.10.